The van der Waals surface area contributed by atoms with Crippen LogP contribution in [0.1, 0.15) is 48.0 Å². The van der Waals surface area contributed by atoms with E-state index in [0.717, 1.165) is 29.7 Å². The molecule has 1 aliphatic heterocycles. The Bertz CT molecular complexity index is 1330. The van der Waals surface area contributed by atoms with Crippen LogP contribution in [0.4, 0.5) is 5.69 Å². The lowest BCUT2D eigenvalue weighted by atomic mass is 9.89. The number of thioether (sulfide) groups is 1. The fraction of sp³-hybridized carbons (Fsp3) is 0.417. The molecule has 0 radical (unpaired) electrons. The Morgan fingerprint density at radius 1 is 1.39 bits per heavy atom. The molecule has 2 aliphatic rings. The van der Waals surface area contributed by atoms with Gasteiger partial charge in [-0.05, 0) is 62.8 Å². The molecular formula is C24H25N3O4S2. The predicted molar refractivity (Wildman–Crippen MR) is 131 cm³/mol. The summed E-state index contributed by atoms with van der Waals surface area (Å²) in [7, 11) is 0. The van der Waals surface area contributed by atoms with Crippen molar-refractivity contribution in [3.05, 3.63) is 44.6 Å². The van der Waals surface area contributed by atoms with Crippen LogP contribution in [0.25, 0.3) is 10.2 Å². The fourth-order valence-corrected chi connectivity index (χ4v) is 6.86. The number of ether oxygens (including phenoxy) is 1. The Kier molecular flexibility index (Phi) is 5.78. The first-order valence-corrected chi connectivity index (χ1v) is 12.9. The number of H-pyrrole nitrogens is 1. The largest absolute Gasteiger partial charge is 0.482 e. The highest BCUT2D eigenvalue weighted by Crippen LogP contribution is 2.37. The topological polar surface area (TPSA) is 92.4 Å². The Morgan fingerprint density at radius 3 is 3.00 bits per heavy atom. The minimum Gasteiger partial charge on any atom is -0.482 e. The van der Waals surface area contributed by atoms with Gasteiger partial charge in [-0.25, -0.2) is 4.98 Å². The van der Waals surface area contributed by atoms with Gasteiger partial charge in [0.15, 0.2) is 17.5 Å². The van der Waals surface area contributed by atoms with E-state index in [9.17, 15) is 14.4 Å². The number of aryl methyl sites for hydroxylation is 1. The number of rotatable bonds is 5. The lowest BCUT2D eigenvalue weighted by molar-refractivity contribution is -0.121. The number of hydrogen-bond acceptors (Lipinski definition) is 7. The van der Waals surface area contributed by atoms with E-state index in [1.807, 2.05) is 6.92 Å². The van der Waals surface area contributed by atoms with E-state index in [1.165, 1.54) is 16.6 Å². The van der Waals surface area contributed by atoms with Gasteiger partial charge in [0.25, 0.3) is 11.5 Å². The van der Waals surface area contributed by atoms with Gasteiger partial charge in [-0.3, -0.25) is 14.4 Å². The molecule has 3 aromatic rings. The molecule has 2 atom stereocenters. The maximum Gasteiger partial charge on any atom is 0.265 e. The van der Waals surface area contributed by atoms with Gasteiger partial charge in [-0.1, -0.05) is 18.7 Å². The van der Waals surface area contributed by atoms with Gasteiger partial charge in [-0.2, -0.15) is 0 Å². The molecular weight excluding hydrogens is 458 g/mol. The number of likely N-dealkylation sites (N-methyl/N-ethyl adjacent to an activating group) is 1. The van der Waals surface area contributed by atoms with Gasteiger partial charge in [0.05, 0.1) is 16.3 Å². The molecule has 0 spiro atoms. The summed E-state index contributed by atoms with van der Waals surface area (Å²) in [6, 6.07) is 5.16. The van der Waals surface area contributed by atoms with Crippen molar-refractivity contribution in [2.45, 2.75) is 50.4 Å². The van der Waals surface area contributed by atoms with Crippen molar-refractivity contribution in [3.63, 3.8) is 0 Å². The Morgan fingerprint density at radius 2 is 2.21 bits per heavy atom. The molecule has 172 valence electrons. The molecule has 7 nitrogen and oxygen atoms in total. The smallest absolute Gasteiger partial charge is 0.265 e. The summed E-state index contributed by atoms with van der Waals surface area (Å²) in [5, 5.41) is 0.699. The first-order valence-electron chi connectivity index (χ1n) is 11.2. The van der Waals surface area contributed by atoms with E-state index < -0.39 is 5.25 Å². The Balaban J connectivity index is 1.40. The summed E-state index contributed by atoms with van der Waals surface area (Å²) in [6.07, 6.45) is 3.00. The van der Waals surface area contributed by atoms with Crippen molar-refractivity contribution in [2.24, 2.45) is 5.92 Å². The van der Waals surface area contributed by atoms with E-state index in [4.69, 9.17) is 4.74 Å². The third kappa shape index (κ3) is 3.97. The van der Waals surface area contributed by atoms with Crippen molar-refractivity contribution >= 4 is 50.7 Å². The first-order chi connectivity index (χ1) is 15.9. The number of hydrogen-bond donors (Lipinski definition) is 1. The normalized spacial score (nSPS) is 18.6. The van der Waals surface area contributed by atoms with E-state index in [1.54, 1.807) is 41.4 Å². The van der Waals surface area contributed by atoms with Crippen molar-refractivity contribution in [3.8, 4) is 5.75 Å². The van der Waals surface area contributed by atoms with Gasteiger partial charge in [0.1, 0.15) is 10.6 Å². The lowest BCUT2D eigenvalue weighted by Gasteiger charge is -2.28. The summed E-state index contributed by atoms with van der Waals surface area (Å²) < 4.78 is 5.50. The number of nitrogens with zero attached hydrogens (tertiary/aromatic N) is 2. The molecule has 1 amide bonds. The van der Waals surface area contributed by atoms with E-state index in [2.05, 4.69) is 16.9 Å². The first kappa shape index (κ1) is 22.2. The van der Waals surface area contributed by atoms with E-state index >= 15 is 0 Å². The van der Waals surface area contributed by atoms with Crippen LogP contribution >= 0.6 is 23.1 Å². The lowest BCUT2D eigenvalue weighted by Crippen LogP contribution is -2.38. The minimum absolute atomic E-state index is 0.00690. The van der Waals surface area contributed by atoms with Crippen LogP contribution < -0.4 is 15.2 Å². The standard InChI is InChI=1S/C24H25N3O4S2/c1-4-27-16-10-14(6-8-17(16)31-11-19(27)28)21(29)13(3)32-24-25-22(30)20-15-7-5-12(2)9-18(15)33-23(20)26-24/h6,8,10,12-13H,4-5,7,9,11H2,1-3H3,(H,25,26,30). The minimum atomic E-state index is -0.464. The highest BCUT2D eigenvalue weighted by molar-refractivity contribution is 8.00. The van der Waals surface area contributed by atoms with Gasteiger partial charge < -0.3 is 14.6 Å². The Hall–Kier alpha value is -2.65. The number of nitrogens with one attached hydrogen (secondary N) is 1. The maximum atomic E-state index is 13.2. The zero-order chi connectivity index (χ0) is 23.3. The molecule has 0 fully saturated rings. The highest BCUT2D eigenvalue weighted by Gasteiger charge is 2.27. The van der Waals surface area contributed by atoms with Crippen molar-refractivity contribution < 1.29 is 14.3 Å². The second-order valence-corrected chi connectivity index (χ2v) is 11.0. The molecule has 1 N–H and O–H groups in total. The predicted octanol–water partition coefficient (Wildman–Crippen LogP) is 4.22. The number of aromatic nitrogens is 2. The number of amides is 1. The molecule has 1 aliphatic carbocycles. The average Bonchev–Trinajstić information content (AvgIpc) is 3.15. The van der Waals surface area contributed by atoms with Crippen LogP contribution in [-0.2, 0) is 17.6 Å². The monoisotopic (exact) mass is 483 g/mol. The summed E-state index contributed by atoms with van der Waals surface area (Å²) in [4.78, 5) is 49.4. The molecule has 2 unspecified atom stereocenters. The maximum absolute atomic E-state index is 13.2. The molecule has 5 rings (SSSR count). The van der Waals surface area contributed by atoms with E-state index in [-0.39, 0.29) is 23.9 Å². The van der Waals surface area contributed by atoms with Crippen molar-refractivity contribution in [1.29, 1.82) is 0 Å². The zero-order valence-corrected chi connectivity index (χ0v) is 20.4. The second-order valence-electron chi connectivity index (χ2n) is 8.64. The van der Waals surface area contributed by atoms with Crippen LogP contribution in [0.2, 0.25) is 0 Å². The van der Waals surface area contributed by atoms with Crippen LogP contribution in [0, 0.1) is 5.92 Å². The molecule has 1 aromatic carbocycles. The average molecular weight is 484 g/mol. The number of aromatic amines is 1. The number of fused-ring (bicyclic) bond motifs is 4. The fourth-order valence-electron chi connectivity index (χ4n) is 4.54. The van der Waals surface area contributed by atoms with Gasteiger partial charge >= 0.3 is 0 Å². The molecule has 0 saturated carbocycles. The van der Waals surface area contributed by atoms with Crippen molar-refractivity contribution in [2.75, 3.05) is 18.1 Å². The number of Topliss-reactive ketones (excluding diaryl/α,β-unsaturated/α-hetero) is 1. The molecule has 0 bridgehead atoms. The SMILES string of the molecule is CCN1C(=O)COc2ccc(C(=O)C(C)Sc3nc4sc5c(c4c(=O)[nH]3)CCC(C)C5)cc21. The van der Waals surface area contributed by atoms with Gasteiger partial charge in [0, 0.05) is 17.0 Å². The Labute approximate surface area is 199 Å². The van der Waals surface area contributed by atoms with Crippen LogP contribution in [0.3, 0.4) is 0 Å². The molecule has 0 saturated heterocycles. The number of carbonyl (C=O) groups excluding carboxylic acids is 2. The summed E-state index contributed by atoms with van der Waals surface area (Å²) >= 11 is 2.85. The molecule has 9 heteroatoms. The number of ketones is 1. The van der Waals surface area contributed by atoms with Crippen LogP contribution in [0.5, 0.6) is 5.75 Å². The number of thiophene rings is 1. The molecule has 3 heterocycles. The van der Waals surface area contributed by atoms with Gasteiger partial charge in [-0.15, -0.1) is 11.3 Å². The van der Waals surface area contributed by atoms with Crippen LogP contribution in [-0.4, -0.2) is 40.1 Å². The second kappa shape index (κ2) is 8.61. The number of anilines is 1. The molecule has 2 aromatic heterocycles. The van der Waals surface area contributed by atoms with Gasteiger partial charge in [0.2, 0.25) is 0 Å². The number of carbonyl (C=O) groups is 2. The summed E-state index contributed by atoms with van der Waals surface area (Å²) in [5.74, 6) is 0.997. The third-order valence-electron chi connectivity index (χ3n) is 6.30. The van der Waals surface area contributed by atoms with Crippen molar-refractivity contribution in [1.82, 2.24) is 9.97 Å². The van der Waals surface area contributed by atoms with E-state index in [0.29, 0.717) is 40.0 Å². The summed E-state index contributed by atoms with van der Waals surface area (Å²) in [5.41, 5.74) is 2.13. The highest BCUT2D eigenvalue weighted by atomic mass is 32.2. The number of benzene rings is 1. The quantitative estimate of drug-likeness (QED) is 0.332. The van der Waals surface area contributed by atoms with Crippen LogP contribution in [0.15, 0.2) is 28.2 Å². The molecule has 33 heavy (non-hydrogen) atoms. The third-order valence-corrected chi connectivity index (χ3v) is 8.44. The summed E-state index contributed by atoms with van der Waals surface area (Å²) in [6.45, 7) is 6.44. The zero-order valence-electron chi connectivity index (χ0n) is 18.8.